The van der Waals surface area contributed by atoms with Gasteiger partial charge in [0.1, 0.15) is 12.1 Å². The highest BCUT2D eigenvalue weighted by atomic mass is 32.1. The molecule has 1 aromatic carbocycles. The summed E-state index contributed by atoms with van der Waals surface area (Å²) in [5, 5.41) is 14.1. The van der Waals surface area contributed by atoms with Gasteiger partial charge in [-0.1, -0.05) is 12.5 Å². The van der Waals surface area contributed by atoms with Gasteiger partial charge in [0.05, 0.1) is 0 Å². The summed E-state index contributed by atoms with van der Waals surface area (Å²) in [7, 11) is 0. The summed E-state index contributed by atoms with van der Waals surface area (Å²) >= 11 is 8.15. The Kier molecular flexibility index (Phi) is 9.70. The van der Waals surface area contributed by atoms with Gasteiger partial charge in [-0.2, -0.15) is 25.3 Å². The smallest absolute Gasteiger partial charge is 0.327 e. The Balaban J connectivity index is 2.05. The number of carbonyl (C=O) groups excluding carboxylic acids is 3. The van der Waals surface area contributed by atoms with Crippen molar-refractivity contribution in [2.75, 3.05) is 24.6 Å². The largest absolute Gasteiger partial charge is 0.480 e. The SMILES string of the molecule is CCN(CC1CCC1)C(=O)C(CS)NC(=O)c1cccc(C(=O)NC(CS)C(=O)O)c1. The molecule has 10 heteroatoms. The molecule has 2 atom stereocenters. The average molecular weight is 468 g/mol. The second-order valence-electron chi connectivity index (χ2n) is 7.51. The maximum absolute atomic E-state index is 12.9. The number of likely N-dealkylation sites (N-methyl/N-ethyl adjacent to an activating group) is 1. The van der Waals surface area contributed by atoms with Gasteiger partial charge in [0, 0.05) is 35.7 Å². The Hall–Kier alpha value is -2.20. The van der Waals surface area contributed by atoms with Gasteiger partial charge in [-0.25, -0.2) is 4.79 Å². The molecule has 0 heterocycles. The van der Waals surface area contributed by atoms with Crippen molar-refractivity contribution in [3.63, 3.8) is 0 Å². The number of thiol groups is 2. The topological polar surface area (TPSA) is 116 Å². The van der Waals surface area contributed by atoms with Gasteiger partial charge in [-0.15, -0.1) is 0 Å². The van der Waals surface area contributed by atoms with Gasteiger partial charge in [-0.05, 0) is 43.9 Å². The number of hydrogen-bond acceptors (Lipinski definition) is 6. The van der Waals surface area contributed by atoms with Gasteiger partial charge in [0.15, 0.2) is 0 Å². The lowest BCUT2D eigenvalue weighted by molar-refractivity contribution is -0.138. The van der Waals surface area contributed by atoms with E-state index in [4.69, 9.17) is 5.11 Å². The van der Waals surface area contributed by atoms with E-state index in [1.54, 1.807) is 4.90 Å². The fraction of sp³-hybridized carbons (Fsp3) is 0.524. The molecule has 3 amide bonds. The predicted molar refractivity (Wildman–Crippen MR) is 124 cm³/mol. The summed E-state index contributed by atoms with van der Waals surface area (Å²) in [6, 6.07) is 3.94. The molecule has 1 saturated carbocycles. The molecule has 0 aliphatic heterocycles. The van der Waals surface area contributed by atoms with E-state index >= 15 is 0 Å². The zero-order chi connectivity index (χ0) is 23.0. The maximum atomic E-state index is 12.9. The second-order valence-corrected chi connectivity index (χ2v) is 8.24. The summed E-state index contributed by atoms with van der Waals surface area (Å²) in [6.45, 7) is 3.15. The molecular weight excluding hydrogens is 438 g/mol. The van der Waals surface area contributed by atoms with Crippen LogP contribution in [-0.4, -0.2) is 70.4 Å². The summed E-state index contributed by atoms with van der Waals surface area (Å²) in [4.78, 5) is 50.8. The lowest BCUT2D eigenvalue weighted by atomic mass is 9.85. The molecule has 31 heavy (non-hydrogen) atoms. The minimum Gasteiger partial charge on any atom is -0.480 e. The highest BCUT2D eigenvalue weighted by molar-refractivity contribution is 7.80. The average Bonchev–Trinajstić information content (AvgIpc) is 2.74. The van der Waals surface area contributed by atoms with Gasteiger partial charge >= 0.3 is 5.97 Å². The third-order valence-corrected chi connectivity index (χ3v) is 6.09. The van der Waals surface area contributed by atoms with Crippen molar-refractivity contribution in [3.05, 3.63) is 35.4 Å². The highest BCUT2D eigenvalue weighted by Crippen LogP contribution is 2.27. The summed E-state index contributed by atoms with van der Waals surface area (Å²) < 4.78 is 0. The molecule has 0 spiro atoms. The molecule has 1 aliphatic carbocycles. The van der Waals surface area contributed by atoms with E-state index in [0.29, 0.717) is 19.0 Å². The first-order chi connectivity index (χ1) is 14.8. The molecule has 2 rings (SSSR count). The third kappa shape index (κ3) is 6.90. The van der Waals surface area contributed by atoms with E-state index in [-0.39, 0.29) is 28.5 Å². The molecule has 170 valence electrons. The van der Waals surface area contributed by atoms with Crippen LogP contribution in [0.5, 0.6) is 0 Å². The van der Waals surface area contributed by atoms with Gasteiger partial charge < -0.3 is 20.6 Å². The van der Waals surface area contributed by atoms with Crippen molar-refractivity contribution in [3.8, 4) is 0 Å². The first-order valence-electron chi connectivity index (χ1n) is 10.3. The molecule has 0 saturated heterocycles. The van der Waals surface area contributed by atoms with Crippen LogP contribution in [0.4, 0.5) is 0 Å². The van der Waals surface area contributed by atoms with Crippen LogP contribution in [0.1, 0.15) is 46.9 Å². The van der Waals surface area contributed by atoms with Crippen LogP contribution in [0.25, 0.3) is 0 Å². The Labute approximate surface area is 193 Å². The number of benzene rings is 1. The molecular formula is C21H29N3O5S2. The Morgan fingerprint density at radius 2 is 1.61 bits per heavy atom. The normalized spacial score (nSPS) is 15.3. The quantitative estimate of drug-likeness (QED) is 0.316. The van der Waals surface area contributed by atoms with E-state index in [9.17, 15) is 19.2 Å². The third-order valence-electron chi connectivity index (χ3n) is 5.36. The zero-order valence-corrected chi connectivity index (χ0v) is 19.2. The first-order valence-corrected chi connectivity index (χ1v) is 11.5. The highest BCUT2D eigenvalue weighted by Gasteiger charge is 2.28. The number of hydrogen-bond donors (Lipinski definition) is 5. The fourth-order valence-electron chi connectivity index (χ4n) is 3.24. The van der Waals surface area contributed by atoms with Crippen LogP contribution in [-0.2, 0) is 9.59 Å². The Morgan fingerprint density at radius 3 is 2.03 bits per heavy atom. The van der Waals surface area contributed by atoms with Crippen molar-refractivity contribution in [2.45, 2.75) is 38.3 Å². The van der Waals surface area contributed by atoms with Gasteiger partial charge in [0.25, 0.3) is 11.8 Å². The van der Waals surface area contributed by atoms with Crippen LogP contribution in [0.2, 0.25) is 0 Å². The van der Waals surface area contributed by atoms with E-state index in [0.717, 1.165) is 12.8 Å². The van der Waals surface area contributed by atoms with Crippen LogP contribution < -0.4 is 10.6 Å². The van der Waals surface area contributed by atoms with Crippen molar-refractivity contribution >= 4 is 48.9 Å². The molecule has 0 bridgehead atoms. The minimum atomic E-state index is -1.20. The predicted octanol–water partition coefficient (Wildman–Crippen LogP) is 1.48. The van der Waals surface area contributed by atoms with E-state index in [1.165, 1.54) is 30.7 Å². The number of carbonyl (C=O) groups is 4. The van der Waals surface area contributed by atoms with E-state index < -0.39 is 29.9 Å². The molecule has 1 aliphatic rings. The number of rotatable bonds is 11. The number of aliphatic carboxylic acids is 1. The molecule has 0 aromatic heterocycles. The fourth-order valence-corrected chi connectivity index (χ4v) is 3.73. The van der Waals surface area contributed by atoms with Crippen molar-refractivity contribution in [2.24, 2.45) is 5.92 Å². The number of amides is 3. The summed E-state index contributed by atoms with van der Waals surface area (Å²) in [5.74, 6) is -1.92. The zero-order valence-electron chi connectivity index (χ0n) is 17.4. The van der Waals surface area contributed by atoms with Crippen LogP contribution >= 0.6 is 25.3 Å². The van der Waals surface area contributed by atoms with Gasteiger partial charge in [-0.3, -0.25) is 14.4 Å². The maximum Gasteiger partial charge on any atom is 0.327 e. The minimum absolute atomic E-state index is 0.0677. The summed E-state index contributed by atoms with van der Waals surface area (Å²) in [5.41, 5.74) is 0.321. The first kappa shape index (κ1) is 25.1. The molecule has 8 nitrogen and oxygen atoms in total. The van der Waals surface area contributed by atoms with E-state index in [2.05, 4.69) is 35.9 Å². The molecule has 2 unspecified atom stereocenters. The molecule has 0 radical (unpaired) electrons. The molecule has 3 N–H and O–H groups in total. The lowest BCUT2D eigenvalue weighted by Crippen LogP contribution is -2.51. The van der Waals surface area contributed by atoms with Crippen molar-refractivity contribution in [1.29, 1.82) is 0 Å². The van der Waals surface area contributed by atoms with E-state index in [1.807, 2.05) is 6.92 Å². The molecule has 1 aromatic rings. The number of carboxylic acids is 1. The molecule has 1 fully saturated rings. The van der Waals surface area contributed by atoms with Crippen LogP contribution in [0.3, 0.4) is 0 Å². The standard InChI is InChI=1S/C21H29N3O5S2/c1-2-24(10-13-5-3-6-13)20(27)16(11-30)22-18(25)14-7-4-8-15(9-14)19(26)23-17(12-31)21(28)29/h4,7-9,13,16-17,30-31H,2-3,5-6,10-12H2,1H3,(H,22,25)(H,23,26)(H,28,29). The second kappa shape index (κ2) is 12.0. The van der Waals surface area contributed by atoms with Crippen molar-refractivity contribution in [1.82, 2.24) is 15.5 Å². The monoisotopic (exact) mass is 467 g/mol. The Bertz CT molecular complexity index is 816. The van der Waals surface area contributed by atoms with Crippen molar-refractivity contribution < 1.29 is 24.3 Å². The van der Waals surface area contributed by atoms with Crippen LogP contribution in [0.15, 0.2) is 24.3 Å². The van der Waals surface area contributed by atoms with Crippen LogP contribution in [0, 0.1) is 5.92 Å². The number of carboxylic acid groups (broad SMARTS) is 1. The summed E-state index contributed by atoms with van der Waals surface area (Å²) in [6.07, 6.45) is 3.42. The number of nitrogens with zero attached hydrogens (tertiary/aromatic N) is 1. The Morgan fingerprint density at radius 1 is 1.06 bits per heavy atom. The van der Waals surface area contributed by atoms with Gasteiger partial charge in [0.2, 0.25) is 5.91 Å². The lowest BCUT2D eigenvalue weighted by Gasteiger charge is -2.33. The number of nitrogens with one attached hydrogen (secondary N) is 2.